The van der Waals surface area contributed by atoms with Crippen molar-refractivity contribution in [2.24, 2.45) is 5.73 Å². The second-order valence-corrected chi connectivity index (χ2v) is 3.48. The van der Waals surface area contributed by atoms with E-state index in [1.807, 2.05) is 6.07 Å². The van der Waals surface area contributed by atoms with Gasteiger partial charge >= 0.3 is 5.97 Å². The van der Waals surface area contributed by atoms with Gasteiger partial charge in [0.1, 0.15) is 0 Å². The zero-order valence-electron chi connectivity index (χ0n) is 8.63. The van der Waals surface area contributed by atoms with Gasteiger partial charge < -0.3 is 20.5 Å². The Hall–Kier alpha value is -1.65. The highest BCUT2D eigenvalue weighted by atomic mass is 16.5. The molecule has 0 aliphatic carbocycles. The number of hydrogen-bond acceptors (Lipinski definition) is 5. The van der Waals surface area contributed by atoms with Crippen molar-refractivity contribution in [2.75, 3.05) is 19.7 Å². The summed E-state index contributed by atoms with van der Waals surface area (Å²) in [5.41, 5.74) is 5.44. The SMILES string of the molecule is N#CC1CN(C(=O)C(N)CC(=O)O)CCO1. The summed E-state index contributed by atoms with van der Waals surface area (Å²) >= 11 is 0. The van der Waals surface area contributed by atoms with Crippen LogP contribution in [0.2, 0.25) is 0 Å². The molecule has 0 aromatic rings. The fraction of sp³-hybridized carbons (Fsp3) is 0.667. The summed E-state index contributed by atoms with van der Waals surface area (Å²) in [6.45, 7) is 0.747. The molecule has 7 heteroatoms. The predicted molar refractivity (Wildman–Crippen MR) is 52.2 cm³/mol. The maximum absolute atomic E-state index is 11.7. The Balaban J connectivity index is 2.53. The lowest BCUT2D eigenvalue weighted by Crippen LogP contribution is -2.51. The van der Waals surface area contributed by atoms with Crippen LogP contribution in [0.3, 0.4) is 0 Å². The van der Waals surface area contributed by atoms with E-state index in [1.165, 1.54) is 4.90 Å². The van der Waals surface area contributed by atoms with Crippen molar-refractivity contribution in [3.8, 4) is 6.07 Å². The van der Waals surface area contributed by atoms with Crippen molar-refractivity contribution in [1.82, 2.24) is 4.90 Å². The molecule has 3 N–H and O–H groups in total. The lowest BCUT2D eigenvalue weighted by Gasteiger charge is -2.31. The van der Waals surface area contributed by atoms with E-state index in [2.05, 4.69) is 0 Å². The van der Waals surface area contributed by atoms with Crippen molar-refractivity contribution in [3.63, 3.8) is 0 Å². The largest absolute Gasteiger partial charge is 0.481 e. The standard InChI is InChI=1S/C9H13N3O4/c10-4-6-5-12(1-2-16-6)9(15)7(11)3-8(13)14/h6-7H,1-3,5,11H2,(H,13,14). The van der Waals surface area contributed by atoms with Gasteiger partial charge in [0.2, 0.25) is 5.91 Å². The van der Waals surface area contributed by atoms with E-state index in [9.17, 15) is 9.59 Å². The number of nitrogens with two attached hydrogens (primary N) is 1. The van der Waals surface area contributed by atoms with Gasteiger partial charge in [-0.25, -0.2) is 0 Å². The summed E-state index contributed by atoms with van der Waals surface area (Å²) < 4.78 is 5.06. The summed E-state index contributed by atoms with van der Waals surface area (Å²) in [6.07, 6.45) is -1.07. The van der Waals surface area contributed by atoms with Crippen molar-refractivity contribution >= 4 is 11.9 Å². The molecule has 0 radical (unpaired) electrons. The molecular formula is C9H13N3O4. The third-order valence-corrected chi connectivity index (χ3v) is 2.23. The summed E-state index contributed by atoms with van der Waals surface area (Å²) in [5, 5.41) is 17.1. The molecule has 1 aliphatic heterocycles. The van der Waals surface area contributed by atoms with Gasteiger partial charge in [0.25, 0.3) is 0 Å². The Kier molecular flexibility index (Phi) is 4.22. The van der Waals surface area contributed by atoms with Gasteiger partial charge in [-0.15, -0.1) is 0 Å². The lowest BCUT2D eigenvalue weighted by atomic mass is 10.1. The number of hydrogen-bond donors (Lipinski definition) is 2. The van der Waals surface area contributed by atoms with E-state index >= 15 is 0 Å². The van der Waals surface area contributed by atoms with Crippen LogP contribution < -0.4 is 5.73 Å². The summed E-state index contributed by atoms with van der Waals surface area (Å²) in [6, 6.07) is 0.835. The van der Waals surface area contributed by atoms with Crippen LogP contribution in [-0.2, 0) is 14.3 Å². The molecule has 0 spiro atoms. The number of nitriles is 1. The topological polar surface area (TPSA) is 117 Å². The van der Waals surface area contributed by atoms with E-state index in [-0.39, 0.29) is 13.2 Å². The maximum atomic E-state index is 11.7. The van der Waals surface area contributed by atoms with Crippen LogP contribution in [0.25, 0.3) is 0 Å². The summed E-state index contributed by atoms with van der Waals surface area (Å²) in [7, 11) is 0. The number of aliphatic carboxylic acids is 1. The predicted octanol–water partition coefficient (Wildman–Crippen LogP) is -1.46. The number of amides is 1. The molecule has 0 bridgehead atoms. The molecule has 88 valence electrons. The van der Waals surface area contributed by atoms with E-state index in [0.717, 1.165) is 0 Å². The molecule has 2 unspecified atom stereocenters. The molecule has 0 aromatic heterocycles. The van der Waals surface area contributed by atoms with Crippen LogP contribution in [0, 0.1) is 11.3 Å². The van der Waals surface area contributed by atoms with Crippen molar-refractivity contribution in [1.29, 1.82) is 5.26 Å². The van der Waals surface area contributed by atoms with Crippen molar-refractivity contribution < 1.29 is 19.4 Å². The van der Waals surface area contributed by atoms with Gasteiger partial charge in [0.15, 0.2) is 6.10 Å². The zero-order chi connectivity index (χ0) is 12.1. The molecule has 16 heavy (non-hydrogen) atoms. The minimum Gasteiger partial charge on any atom is -0.481 e. The van der Waals surface area contributed by atoms with Gasteiger partial charge in [-0.1, -0.05) is 0 Å². The van der Waals surface area contributed by atoms with E-state index < -0.39 is 30.4 Å². The number of rotatable bonds is 3. The molecule has 1 amide bonds. The fourth-order valence-electron chi connectivity index (χ4n) is 1.44. The molecule has 1 saturated heterocycles. The van der Waals surface area contributed by atoms with Crippen LogP contribution in [0.15, 0.2) is 0 Å². The average molecular weight is 227 g/mol. The molecule has 0 saturated carbocycles. The highest BCUT2D eigenvalue weighted by molar-refractivity contribution is 5.86. The molecule has 2 atom stereocenters. The third kappa shape index (κ3) is 3.18. The number of ether oxygens (including phenoxy) is 1. The Morgan fingerprint density at radius 1 is 1.69 bits per heavy atom. The van der Waals surface area contributed by atoms with Crippen LogP contribution in [0.5, 0.6) is 0 Å². The summed E-state index contributed by atoms with van der Waals surface area (Å²) in [5.74, 6) is -1.57. The number of carbonyl (C=O) groups excluding carboxylic acids is 1. The summed E-state index contributed by atoms with van der Waals surface area (Å²) in [4.78, 5) is 23.4. The number of carboxylic acids is 1. The highest BCUT2D eigenvalue weighted by Gasteiger charge is 2.28. The highest BCUT2D eigenvalue weighted by Crippen LogP contribution is 2.06. The average Bonchev–Trinajstić information content (AvgIpc) is 2.27. The number of nitrogens with zero attached hydrogens (tertiary/aromatic N) is 2. The molecule has 7 nitrogen and oxygen atoms in total. The minimum atomic E-state index is -1.12. The number of carboxylic acid groups (broad SMARTS) is 1. The molecule has 1 aliphatic rings. The van der Waals surface area contributed by atoms with Crippen LogP contribution in [0.4, 0.5) is 0 Å². The Morgan fingerprint density at radius 3 is 2.94 bits per heavy atom. The zero-order valence-corrected chi connectivity index (χ0v) is 8.63. The van der Waals surface area contributed by atoms with Gasteiger partial charge in [-0.3, -0.25) is 9.59 Å². The number of carbonyl (C=O) groups is 2. The van der Waals surface area contributed by atoms with Crippen molar-refractivity contribution in [3.05, 3.63) is 0 Å². The third-order valence-electron chi connectivity index (χ3n) is 2.23. The Morgan fingerprint density at radius 2 is 2.38 bits per heavy atom. The smallest absolute Gasteiger partial charge is 0.305 e. The van der Waals surface area contributed by atoms with Crippen LogP contribution >= 0.6 is 0 Å². The fourth-order valence-corrected chi connectivity index (χ4v) is 1.44. The quantitative estimate of drug-likeness (QED) is 0.608. The Labute approximate surface area is 92.4 Å². The van der Waals surface area contributed by atoms with Crippen LogP contribution in [-0.4, -0.2) is 53.7 Å². The molecule has 1 fully saturated rings. The van der Waals surface area contributed by atoms with E-state index in [1.54, 1.807) is 0 Å². The maximum Gasteiger partial charge on any atom is 0.305 e. The lowest BCUT2D eigenvalue weighted by molar-refractivity contribution is -0.144. The van der Waals surface area contributed by atoms with Gasteiger partial charge in [-0.2, -0.15) is 5.26 Å². The Bertz CT molecular complexity index is 325. The first-order chi connectivity index (χ1) is 7.54. The first kappa shape index (κ1) is 12.4. The second-order valence-electron chi connectivity index (χ2n) is 3.48. The van der Waals surface area contributed by atoms with Gasteiger partial charge in [-0.05, 0) is 0 Å². The monoisotopic (exact) mass is 227 g/mol. The van der Waals surface area contributed by atoms with E-state index in [4.69, 9.17) is 20.8 Å². The first-order valence-corrected chi connectivity index (χ1v) is 4.82. The normalized spacial score (nSPS) is 22.2. The minimum absolute atomic E-state index is 0.142. The molecule has 1 heterocycles. The molecule has 1 rings (SSSR count). The molecular weight excluding hydrogens is 214 g/mol. The van der Waals surface area contributed by atoms with Gasteiger partial charge in [0.05, 0.1) is 31.7 Å². The van der Waals surface area contributed by atoms with Crippen molar-refractivity contribution in [2.45, 2.75) is 18.6 Å². The van der Waals surface area contributed by atoms with Crippen LogP contribution in [0.1, 0.15) is 6.42 Å². The van der Waals surface area contributed by atoms with E-state index in [0.29, 0.717) is 6.54 Å². The van der Waals surface area contributed by atoms with Gasteiger partial charge in [0, 0.05) is 6.54 Å². The first-order valence-electron chi connectivity index (χ1n) is 4.82. The second kappa shape index (κ2) is 5.44. The number of morpholine rings is 1. The molecule has 0 aromatic carbocycles.